The molecule has 1 aromatic heterocycles. The van der Waals surface area contributed by atoms with E-state index < -0.39 is 31.0 Å². The van der Waals surface area contributed by atoms with Gasteiger partial charge in [0.2, 0.25) is 11.8 Å². The maximum Gasteiger partial charge on any atom is 0.455 e. The highest BCUT2D eigenvalue weighted by Gasteiger charge is 2.56. The van der Waals surface area contributed by atoms with Crippen LogP contribution in [-0.2, 0) is 19.0 Å². The summed E-state index contributed by atoms with van der Waals surface area (Å²) in [5, 5.41) is 30.1. The normalized spacial score (nSPS) is 23.3. The van der Waals surface area contributed by atoms with Crippen molar-refractivity contribution < 1.29 is 39.0 Å². The van der Waals surface area contributed by atoms with E-state index in [9.17, 15) is 24.5 Å². The third kappa shape index (κ3) is 7.28. The van der Waals surface area contributed by atoms with Crippen molar-refractivity contribution in [3.63, 3.8) is 0 Å². The zero-order chi connectivity index (χ0) is 32.2. The van der Waals surface area contributed by atoms with Gasteiger partial charge in [-0.1, -0.05) is 18.1 Å². The minimum absolute atomic E-state index is 0.0701. The Labute approximate surface area is 276 Å². The molecule has 0 unspecified atom stereocenters. The Balaban J connectivity index is 1.36. The Morgan fingerprint density at radius 1 is 1.18 bits per heavy atom. The zero-order valence-electron chi connectivity index (χ0n) is 25.4. The minimum atomic E-state index is -1.06. The molecular weight excluding hydrogens is 690 g/mol. The maximum absolute atomic E-state index is 13.7. The van der Waals surface area contributed by atoms with Crippen molar-refractivity contribution in [1.29, 1.82) is 0 Å². The number of nitrogens with zero attached hydrogens (tertiary/aromatic N) is 2. The number of imide groups is 1. The fourth-order valence-corrected chi connectivity index (χ4v) is 7.70. The molecular formula is C33H38BIN2O8. The SMILES string of the molecule is COc1cc(/C=C(/CC[C@H]2OB(O)C[C@H]3C2=C(C)C[C@H]2C(=O)N(CCCCCC(=O)O)C(=O)[C@H]23)c2ccccn2)cc(I)c1O. The van der Waals surface area contributed by atoms with Crippen molar-refractivity contribution in [2.75, 3.05) is 13.7 Å². The van der Waals surface area contributed by atoms with Crippen molar-refractivity contribution in [2.24, 2.45) is 17.8 Å². The van der Waals surface area contributed by atoms with Crippen molar-refractivity contribution in [3.8, 4) is 11.5 Å². The lowest BCUT2D eigenvalue weighted by molar-refractivity contribution is -0.141. The van der Waals surface area contributed by atoms with Gasteiger partial charge in [-0.15, -0.1) is 0 Å². The molecule has 2 amide bonds. The molecule has 0 radical (unpaired) electrons. The molecule has 3 N–H and O–H groups in total. The second kappa shape index (κ2) is 14.5. The molecule has 0 spiro atoms. The number of allylic oxidation sites excluding steroid dienone is 2. The number of halogens is 1. The van der Waals surface area contributed by atoms with Crippen molar-refractivity contribution in [3.05, 3.63) is 62.5 Å². The summed E-state index contributed by atoms with van der Waals surface area (Å²) < 4.78 is 12.1. The number of methoxy groups -OCH3 is 1. The summed E-state index contributed by atoms with van der Waals surface area (Å²) in [6.45, 7) is 2.28. The van der Waals surface area contributed by atoms with Crippen molar-refractivity contribution in [1.82, 2.24) is 9.88 Å². The van der Waals surface area contributed by atoms with E-state index in [-0.39, 0.29) is 42.8 Å². The van der Waals surface area contributed by atoms with E-state index in [1.54, 1.807) is 12.3 Å². The number of phenolic OH excluding ortho intramolecular Hbond substituents is 1. The number of hydrogen-bond donors (Lipinski definition) is 3. The number of fused-ring (bicyclic) bond motifs is 3. The number of unbranched alkanes of at least 4 members (excludes halogenated alkanes) is 2. The van der Waals surface area contributed by atoms with Crippen LogP contribution in [0.3, 0.4) is 0 Å². The molecule has 0 saturated carbocycles. The molecule has 2 aliphatic heterocycles. The Morgan fingerprint density at radius 2 is 1.98 bits per heavy atom. The Hall–Kier alpha value is -3.23. The summed E-state index contributed by atoms with van der Waals surface area (Å²) >= 11 is 2.07. The van der Waals surface area contributed by atoms with Gasteiger partial charge in [-0.3, -0.25) is 24.3 Å². The molecule has 2 saturated heterocycles. The van der Waals surface area contributed by atoms with E-state index in [1.165, 1.54) is 12.0 Å². The lowest BCUT2D eigenvalue weighted by atomic mass is 9.58. The van der Waals surface area contributed by atoms with Crippen LogP contribution in [0.25, 0.3) is 11.6 Å². The number of pyridine rings is 1. The number of likely N-dealkylation sites (tertiary alicyclic amines) is 1. The van der Waals surface area contributed by atoms with Crippen molar-refractivity contribution in [2.45, 2.75) is 64.3 Å². The molecule has 238 valence electrons. The standard InChI is InChI=1S/C33H38BIN2O8/c1-19-14-22-30(33(42)37(32(22)41)13-7-3-4-9-28(38)39)23-18-34(43)45-26(29(19)23)11-10-21(25-8-5-6-12-36-25)15-20-16-24(35)31(40)27(17-20)44-2/h5-6,8,12,15-17,22-23,26,30,40,43H,3-4,7,9-11,13-14,18H2,1-2H3,(H,38,39)/b21-15-/t22-,23+,26-,30-/m1/s1. The number of aromatic hydroxyl groups is 1. The van der Waals surface area contributed by atoms with Crippen LogP contribution >= 0.6 is 22.6 Å². The predicted octanol–water partition coefficient (Wildman–Crippen LogP) is 5.18. The molecule has 45 heavy (non-hydrogen) atoms. The molecule has 1 aromatic carbocycles. The lowest BCUT2D eigenvalue weighted by Crippen LogP contribution is -2.46. The second-order valence-corrected chi connectivity index (χ2v) is 13.2. The third-order valence-electron chi connectivity index (χ3n) is 9.10. The van der Waals surface area contributed by atoms with Crippen LogP contribution < -0.4 is 4.74 Å². The van der Waals surface area contributed by atoms with E-state index in [1.807, 2.05) is 37.3 Å². The lowest BCUT2D eigenvalue weighted by Gasteiger charge is -2.42. The molecule has 2 fully saturated rings. The average Bonchev–Trinajstić information content (AvgIpc) is 3.25. The number of hydrogen-bond acceptors (Lipinski definition) is 8. The Kier molecular flexibility index (Phi) is 10.7. The number of carbonyl (C=O) groups excluding carboxylic acids is 2. The van der Waals surface area contributed by atoms with Gasteiger partial charge in [-0.25, -0.2) is 0 Å². The second-order valence-electron chi connectivity index (χ2n) is 12.0. The first kappa shape index (κ1) is 33.1. The maximum atomic E-state index is 13.7. The van der Waals surface area contributed by atoms with E-state index >= 15 is 0 Å². The largest absolute Gasteiger partial charge is 0.504 e. The first-order valence-electron chi connectivity index (χ1n) is 15.4. The first-order chi connectivity index (χ1) is 21.6. The number of aromatic nitrogens is 1. The van der Waals surface area contributed by atoms with Gasteiger partial charge >= 0.3 is 13.1 Å². The van der Waals surface area contributed by atoms with Gasteiger partial charge in [0, 0.05) is 19.2 Å². The number of phenols is 1. The topological polar surface area (TPSA) is 146 Å². The highest BCUT2D eigenvalue weighted by molar-refractivity contribution is 14.1. The van der Waals surface area contributed by atoms with Gasteiger partial charge < -0.3 is 24.6 Å². The molecule has 1 aliphatic carbocycles. The van der Waals surface area contributed by atoms with Gasteiger partial charge in [0.15, 0.2) is 11.5 Å². The van der Waals surface area contributed by atoms with Gasteiger partial charge in [-0.05, 0) is 121 Å². The Bertz CT molecular complexity index is 1510. The summed E-state index contributed by atoms with van der Waals surface area (Å²) in [4.78, 5) is 43.8. The average molecular weight is 728 g/mol. The molecule has 3 aliphatic rings. The first-order valence-corrected chi connectivity index (χ1v) is 16.5. The van der Waals surface area contributed by atoms with Crippen LogP contribution in [0, 0.1) is 21.3 Å². The molecule has 0 bridgehead atoms. The van der Waals surface area contributed by atoms with Gasteiger partial charge in [0.25, 0.3) is 0 Å². The third-order valence-corrected chi connectivity index (χ3v) is 9.92. The summed E-state index contributed by atoms with van der Waals surface area (Å²) in [6.07, 6.45) is 6.89. The van der Waals surface area contributed by atoms with E-state index in [0.717, 1.165) is 28.0 Å². The van der Waals surface area contributed by atoms with Crippen LogP contribution in [0.5, 0.6) is 11.5 Å². The molecule has 3 heterocycles. The van der Waals surface area contributed by atoms with E-state index in [4.69, 9.17) is 14.5 Å². The highest BCUT2D eigenvalue weighted by atomic mass is 127. The molecule has 10 nitrogen and oxygen atoms in total. The zero-order valence-corrected chi connectivity index (χ0v) is 27.6. The number of carbonyl (C=O) groups is 3. The minimum Gasteiger partial charge on any atom is -0.504 e. The molecule has 4 atom stereocenters. The number of ether oxygens (including phenoxy) is 1. The summed E-state index contributed by atoms with van der Waals surface area (Å²) in [5.41, 5.74) is 4.60. The Morgan fingerprint density at radius 3 is 2.69 bits per heavy atom. The number of amides is 2. The highest BCUT2D eigenvalue weighted by Crippen LogP contribution is 2.50. The number of carboxylic acids is 1. The van der Waals surface area contributed by atoms with Crippen LogP contribution in [0.2, 0.25) is 6.32 Å². The van der Waals surface area contributed by atoms with Crippen molar-refractivity contribution >= 4 is 59.1 Å². The summed E-state index contributed by atoms with van der Waals surface area (Å²) in [5.74, 6) is -2.04. The molecule has 12 heteroatoms. The van der Waals surface area contributed by atoms with Gasteiger partial charge in [-0.2, -0.15) is 0 Å². The predicted molar refractivity (Wildman–Crippen MR) is 177 cm³/mol. The van der Waals surface area contributed by atoms with Crippen LogP contribution in [-0.4, -0.2) is 69.8 Å². The fraction of sp³-hybridized carbons (Fsp3) is 0.455. The van der Waals surface area contributed by atoms with Gasteiger partial charge in [0.1, 0.15) is 0 Å². The van der Waals surface area contributed by atoms with Crippen LogP contribution in [0.15, 0.2) is 47.7 Å². The monoisotopic (exact) mass is 728 g/mol. The summed E-state index contributed by atoms with van der Waals surface area (Å²) in [6, 6.07) is 9.34. The van der Waals surface area contributed by atoms with Gasteiger partial charge in [0.05, 0.1) is 34.3 Å². The molecule has 5 rings (SSSR count). The number of rotatable bonds is 12. The smallest absolute Gasteiger partial charge is 0.455 e. The van der Waals surface area contributed by atoms with Crippen LogP contribution in [0.1, 0.15) is 63.1 Å². The van der Waals surface area contributed by atoms with E-state index in [2.05, 4.69) is 27.6 Å². The number of benzene rings is 1. The van der Waals surface area contributed by atoms with E-state index in [0.29, 0.717) is 47.8 Å². The fourth-order valence-electron chi connectivity index (χ4n) is 7.08. The summed E-state index contributed by atoms with van der Waals surface area (Å²) in [7, 11) is 0.448. The quantitative estimate of drug-likeness (QED) is 0.0885. The molecule has 2 aromatic rings. The number of carboxylic acid groups (broad SMARTS) is 1. The van der Waals surface area contributed by atoms with Crippen LogP contribution in [0.4, 0.5) is 0 Å². The number of aliphatic carboxylic acids is 1.